The third-order valence-electron chi connectivity index (χ3n) is 3.36. The van der Waals surface area contributed by atoms with E-state index in [9.17, 15) is 9.18 Å². The highest BCUT2D eigenvalue weighted by atomic mass is 28.4. The number of carbonyl (C=O) groups excluding carboxylic acids is 1. The van der Waals surface area contributed by atoms with E-state index in [2.05, 4.69) is 0 Å². The van der Waals surface area contributed by atoms with Gasteiger partial charge in [-0.2, -0.15) is 0 Å². The topological polar surface area (TPSA) is 54.0 Å². The number of esters is 1. The fourth-order valence-electron chi connectivity index (χ4n) is 2.47. The van der Waals surface area contributed by atoms with E-state index in [1.54, 1.807) is 6.92 Å². The lowest BCUT2D eigenvalue weighted by atomic mass is 10.1. The van der Waals surface area contributed by atoms with Gasteiger partial charge in [0, 0.05) is 25.9 Å². The molecule has 0 fully saturated rings. The van der Waals surface area contributed by atoms with Crippen LogP contribution in [0.2, 0.25) is 6.04 Å². The second kappa shape index (κ2) is 10.6. The first-order valence-electron chi connectivity index (χ1n) is 8.39. The fourth-order valence-corrected chi connectivity index (χ4v) is 5.04. The molecule has 0 aliphatic heterocycles. The number of benzene rings is 1. The number of rotatable bonds is 11. The molecule has 0 bridgehead atoms. The van der Waals surface area contributed by atoms with Gasteiger partial charge in [0.15, 0.2) is 0 Å². The molecule has 0 aliphatic carbocycles. The Morgan fingerprint density at radius 2 is 1.58 bits per heavy atom. The third kappa shape index (κ3) is 5.97. The zero-order valence-electron chi connectivity index (χ0n) is 14.9. The van der Waals surface area contributed by atoms with Crippen molar-refractivity contribution in [3.63, 3.8) is 0 Å². The van der Waals surface area contributed by atoms with Crippen LogP contribution in [0, 0.1) is 5.82 Å². The van der Waals surface area contributed by atoms with Crippen molar-refractivity contribution >= 4 is 14.8 Å². The second-order valence-corrected chi connectivity index (χ2v) is 7.74. The zero-order valence-corrected chi connectivity index (χ0v) is 15.9. The number of hydrogen-bond acceptors (Lipinski definition) is 5. The standard InChI is InChI=1S/C17H27FO5Si/c1-5-20-17(19)16-10-9-15(18)13-14(16)11-12-24(21-6-2,22-7-3)23-8-4/h9-10,13H,5-8,11-12H2,1-4H3. The summed E-state index contributed by atoms with van der Waals surface area (Å²) in [6.07, 6.45) is 0.415. The summed E-state index contributed by atoms with van der Waals surface area (Å²) >= 11 is 0. The summed E-state index contributed by atoms with van der Waals surface area (Å²) in [5, 5.41) is 0. The molecular weight excluding hydrogens is 331 g/mol. The zero-order chi connectivity index (χ0) is 18.0. The highest BCUT2D eigenvalue weighted by Gasteiger charge is 2.40. The minimum atomic E-state index is -2.85. The normalized spacial score (nSPS) is 11.5. The predicted molar refractivity (Wildman–Crippen MR) is 91.5 cm³/mol. The van der Waals surface area contributed by atoms with E-state index in [1.165, 1.54) is 18.2 Å². The molecule has 0 unspecified atom stereocenters. The minimum Gasteiger partial charge on any atom is -0.462 e. The summed E-state index contributed by atoms with van der Waals surface area (Å²) < 4.78 is 36.0. The summed E-state index contributed by atoms with van der Waals surface area (Å²) in [5.74, 6) is -0.849. The molecule has 0 saturated heterocycles. The Kier molecular flexibility index (Phi) is 9.13. The molecule has 1 aromatic rings. The lowest BCUT2D eigenvalue weighted by molar-refractivity contribution is 0.0523. The highest BCUT2D eigenvalue weighted by Crippen LogP contribution is 2.22. The molecule has 1 rings (SSSR count). The van der Waals surface area contributed by atoms with Crippen molar-refractivity contribution in [2.45, 2.75) is 40.2 Å². The molecule has 0 heterocycles. The van der Waals surface area contributed by atoms with Gasteiger partial charge < -0.3 is 18.0 Å². The van der Waals surface area contributed by atoms with E-state index < -0.39 is 20.6 Å². The molecule has 0 aliphatic rings. The molecule has 0 aromatic heterocycles. The molecule has 0 saturated carbocycles. The van der Waals surface area contributed by atoms with Gasteiger partial charge >= 0.3 is 14.8 Å². The number of halogens is 1. The van der Waals surface area contributed by atoms with Gasteiger partial charge in [0.2, 0.25) is 0 Å². The maximum atomic E-state index is 13.6. The van der Waals surface area contributed by atoms with Crippen molar-refractivity contribution in [3.05, 3.63) is 35.1 Å². The van der Waals surface area contributed by atoms with Crippen LogP contribution in [0.5, 0.6) is 0 Å². The molecule has 0 N–H and O–H groups in total. The summed E-state index contributed by atoms with van der Waals surface area (Å²) in [6, 6.07) is 4.54. The Balaban J connectivity index is 3.00. The van der Waals surface area contributed by atoms with E-state index in [0.717, 1.165) is 0 Å². The molecule has 0 amide bonds. The van der Waals surface area contributed by atoms with E-state index >= 15 is 0 Å². The Morgan fingerprint density at radius 1 is 1.00 bits per heavy atom. The van der Waals surface area contributed by atoms with Crippen LogP contribution in [0.25, 0.3) is 0 Å². The maximum Gasteiger partial charge on any atom is 0.501 e. The van der Waals surface area contributed by atoms with Gasteiger partial charge in [-0.05, 0) is 57.9 Å². The van der Waals surface area contributed by atoms with Crippen LogP contribution in [-0.2, 0) is 24.4 Å². The third-order valence-corrected chi connectivity index (χ3v) is 6.40. The van der Waals surface area contributed by atoms with Crippen LogP contribution in [0.4, 0.5) is 4.39 Å². The van der Waals surface area contributed by atoms with Gasteiger partial charge in [0.05, 0.1) is 12.2 Å². The number of aryl methyl sites for hydroxylation is 1. The Bertz CT molecular complexity index is 507. The average molecular weight is 358 g/mol. The minimum absolute atomic E-state index is 0.269. The van der Waals surface area contributed by atoms with Gasteiger partial charge in [-0.25, -0.2) is 9.18 Å². The smallest absolute Gasteiger partial charge is 0.462 e. The van der Waals surface area contributed by atoms with Crippen LogP contribution in [0.3, 0.4) is 0 Å². The molecule has 0 spiro atoms. The first-order chi connectivity index (χ1) is 11.5. The Hall–Kier alpha value is -1.28. The first kappa shape index (κ1) is 20.8. The molecule has 7 heteroatoms. The van der Waals surface area contributed by atoms with Crippen molar-refractivity contribution in [2.75, 3.05) is 26.4 Å². The van der Waals surface area contributed by atoms with Gasteiger partial charge in [-0.15, -0.1) is 0 Å². The van der Waals surface area contributed by atoms with Crippen molar-refractivity contribution in [3.8, 4) is 0 Å². The van der Waals surface area contributed by atoms with E-state index in [0.29, 0.717) is 43.4 Å². The summed E-state index contributed by atoms with van der Waals surface area (Å²) in [7, 11) is -2.85. The summed E-state index contributed by atoms with van der Waals surface area (Å²) in [4.78, 5) is 12.1. The van der Waals surface area contributed by atoms with Crippen molar-refractivity contribution in [1.29, 1.82) is 0 Å². The maximum absolute atomic E-state index is 13.6. The molecule has 5 nitrogen and oxygen atoms in total. The lowest BCUT2D eigenvalue weighted by Crippen LogP contribution is -2.46. The van der Waals surface area contributed by atoms with Crippen molar-refractivity contribution < 1.29 is 27.2 Å². The molecular formula is C17H27FO5Si. The average Bonchev–Trinajstić information content (AvgIpc) is 2.54. The first-order valence-corrected chi connectivity index (χ1v) is 10.3. The molecule has 1 aromatic carbocycles. The Labute approximate surface area is 144 Å². The summed E-state index contributed by atoms with van der Waals surface area (Å²) in [6.45, 7) is 9.06. The Morgan fingerprint density at radius 3 is 2.08 bits per heavy atom. The molecule has 0 radical (unpaired) electrons. The van der Waals surface area contributed by atoms with Crippen LogP contribution >= 0.6 is 0 Å². The van der Waals surface area contributed by atoms with Crippen LogP contribution < -0.4 is 0 Å². The van der Waals surface area contributed by atoms with E-state index in [-0.39, 0.29) is 6.61 Å². The van der Waals surface area contributed by atoms with Crippen molar-refractivity contribution in [2.24, 2.45) is 0 Å². The number of ether oxygens (including phenoxy) is 1. The van der Waals surface area contributed by atoms with Gasteiger partial charge in [0.1, 0.15) is 5.82 Å². The predicted octanol–water partition coefficient (Wildman–Crippen LogP) is 3.59. The van der Waals surface area contributed by atoms with Crippen LogP contribution in [0.15, 0.2) is 18.2 Å². The molecule has 136 valence electrons. The van der Waals surface area contributed by atoms with Gasteiger partial charge in [0.25, 0.3) is 0 Å². The number of hydrogen-bond donors (Lipinski definition) is 0. The van der Waals surface area contributed by atoms with E-state index in [4.69, 9.17) is 18.0 Å². The number of carbonyl (C=O) groups is 1. The fraction of sp³-hybridized carbons (Fsp3) is 0.588. The van der Waals surface area contributed by atoms with Crippen LogP contribution in [0.1, 0.15) is 43.6 Å². The van der Waals surface area contributed by atoms with Gasteiger partial charge in [-0.1, -0.05) is 0 Å². The quantitative estimate of drug-likeness (QED) is 0.447. The SMILES string of the molecule is CCOC(=O)c1ccc(F)cc1CC[Si](OCC)(OCC)OCC. The monoisotopic (exact) mass is 358 g/mol. The second-order valence-electron chi connectivity index (χ2n) is 5.00. The summed E-state index contributed by atoms with van der Waals surface area (Å²) in [5.41, 5.74) is 0.940. The molecule has 24 heavy (non-hydrogen) atoms. The highest BCUT2D eigenvalue weighted by molar-refractivity contribution is 6.60. The van der Waals surface area contributed by atoms with Crippen LogP contribution in [-0.4, -0.2) is 41.2 Å². The van der Waals surface area contributed by atoms with Crippen molar-refractivity contribution in [1.82, 2.24) is 0 Å². The largest absolute Gasteiger partial charge is 0.501 e. The van der Waals surface area contributed by atoms with E-state index in [1.807, 2.05) is 20.8 Å². The molecule has 0 atom stereocenters. The van der Waals surface area contributed by atoms with Gasteiger partial charge in [-0.3, -0.25) is 0 Å². The lowest BCUT2D eigenvalue weighted by Gasteiger charge is -2.28.